The summed E-state index contributed by atoms with van der Waals surface area (Å²) in [4.78, 5) is 2.25. The molecule has 2 aliphatic rings. The van der Waals surface area contributed by atoms with E-state index in [4.69, 9.17) is 0 Å². The minimum atomic E-state index is -0.514. The third-order valence-electron chi connectivity index (χ3n) is 4.44. The van der Waals surface area contributed by atoms with Crippen LogP contribution in [0, 0.1) is 0 Å². The lowest BCUT2D eigenvalue weighted by Crippen LogP contribution is -2.47. The van der Waals surface area contributed by atoms with Crippen LogP contribution in [0.2, 0.25) is 0 Å². The molecule has 1 aromatic carbocycles. The molecule has 3 rings (SSSR count). The summed E-state index contributed by atoms with van der Waals surface area (Å²) in [5.41, 5.74) is 3.83. The average Bonchev–Trinajstić information content (AvgIpc) is 2.75. The van der Waals surface area contributed by atoms with Crippen LogP contribution >= 0.6 is 0 Å². The fraction of sp³-hybridized carbons (Fsp3) is 0.625. The van der Waals surface area contributed by atoms with Crippen LogP contribution in [0.25, 0.3) is 0 Å². The van der Waals surface area contributed by atoms with Crippen LogP contribution in [0.5, 0.6) is 0 Å². The van der Waals surface area contributed by atoms with Gasteiger partial charge in [-0.3, -0.25) is 0 Å². The largest absolute Gasteiger partial charge is 0.388 e. The van der Waals surface area contributed by atoms with Crippen molar-refractivity contribution in [1.82, 2.24) is 4.90 Å². The van der Waals surface area contributed by atoms with Crippen LogP contribution in [0.4, 0.5) is 0 Å². The highest BCUT2D eigenvalue weighted by atomic mass is 16.3. The maximum absolute atomic E-state index is 10.7. The fourth-order valence-electron chi connectivity index (χ4n) is 3.60. The van der Waals surface area contributed by atoms with Gasteiger partial charge in [0, 0.05) is 13.0 Å². The van der Waals surface area contributed by atoms with Gasteiger partial charge in [0.2, 0.25) is 0 Å². The Hall–Kier alpha value is -0.860. The molecule has 18 heavy (non-hydrogen) atoms. The third kappa shape index (κ3) is 2.45. The number of likely N-dealkylation sites (tertiary alicyclic amines) is 1. The molecule has 1 unspecified atom stereocenters. The molecule has 98 valence electrons. The van der Waals surface area contributed by atoms with Gasteiger partial charge in [-0.2, -0.15) is 0 Å². The van der Waals surface area contributed by atoms with E-state index < -0.39 is 5.60 Å². The van der Waals surface area contributed by atoms with Gasteiger partial charge in [-0.25, -0.2) is 0 Å². The minimum absolute atomic E-state index is 0.514. The van der Waals surface area contributed by atoms with Crippen molar-refractivity contribution in [3.8, 4) is 0 Å². The standard InChI is InChI=1S/C16H23NO/c1-17-9-3-8-16(18,12-17)11-13-6-7-14-4-2-5-15(14)10-13/h6-7,10,18H,2-5,8-9,11-12H2,1H3. The first-order valence-electron chi connectivity index (χ1n) is 7.16. The third-order valence-corrected chi connectivity index (χ3v) is 4.44. The van der Waals surface area contributed by atoms with E-state index in [1.165, 1.54) is 36.0 Å². The molecule has 0 spiro atoms. The summed E-state index contributed by atoms with van der Waals surface area (Å²) in [6.07, 6.45) is 6.62. The lowest BCUT2D eigenvalue weighted by molar-refractivity contribution is -0.0223. The number of aryl methyl sites for hydroxylation is 2. The molecule has 0 bridgehead atoms. The summed E-state index contributed by atoms with van der Waals surface area (Å²) in [6.45, 7) is 1.93. The van der Waals surface area contributed by atoms with E-state index in [1.807, 2.05) is 0 Å². The Bertz CT molecular complexity index is 443. The van der Waals surface area contributed by atoms with Gasteiger partial charge in [-0.1, -0.05) is 18.2 Å². The summed E-state index contributed by atoms with van der Waals surface area (Å²) < 4.78 is 0. The summed E-state index contributed by atoms with van der Waals surface area (Å²) in [5.74, 6) is 0. The first-order valence-corrected chi connectivity index (χ1v) is 7.16. The van der Waals surface area contributed by atoms with E-state index in [0.29, 0.717) is 0 Å². The highest BCUT2D eigenvalue weighted by Gasteiger charge is 2.32. The molecule has 1 N–H and O–H groups in total. The number of hydrogen-bond acceptors (Lipinski definition) is 2. The van der Waals surface area contributed by atoms with Crippen molar-refractivity contribution in [3.05, 3.63) is 34.9 Å². The van der Waals surface area contributed by atoms with Crippen molar-refractivity contribution in [1.29, 1.82) is 0 Å². The van der Waals surface area contributed by atoms with Gasteiger partial charge in [0.05, 0.1) is 5.60 Å². The van der Waals surface area contributed by atoms with Crippen LogP contribution in [-0.4, -0.2) is 35.7 Å². The van der Waals surface area contributed by atoms with Crippen molar-refractivity contribution < 1.29 is 5.11 Å². The first kappa shape index (κ1) is 12.2. The minimum Gasteiger partial charge on any atom is -0.388 e. The maximum Gasteiger partial charge on any atom is 0.0814 e. The zero-order chi connectivity index (χ0) is 12.6. The molecule has 0 radical (unpaired) electrons. The van der Waals surface area contributed by atoms with Gasteiger partial charge in [-0.15, -0.1) is 0 Å². The number of likely N-dealkylation sites (N-methyl/N-ethyl adjacent to an activating group) is 1. The molecule has 1 atom stereocenters. The molecule has 2 heteroatoms. The lowest BCUT2D eigenvalue weighted by atomic mass is 9.86. The number of rotatable bonds is 2. The topological polar surface area (TPSA) is 23.5 Å². The van der Waals surface area contributed by atoms with Crippen LogP contribution in [0.1, 0.15) is 36.0 Å². The van der Waals surface area contributed by atoms with Gasteiger partial charge >= 0.3 is 0 Å². The number of fused-ring (bicyclic) bond motifs is 1. The molecular formula is C16H23NO. The van der Waals surface area contributed by atoms with E-state index in [-0.39, 0.29) is 0 Å². The molecule has 2 nitrogen and oxygen atoms in total. The highest BCUT2D eigenvalue weighted by molar-refractivity contribution is 5.35. The molecule has 1 aliphatic heterocycles. The van der Waals surface area contributed by atoms with Gasteiger partial charge in [-0.05, 0) is 62.4 Å². The Labute approximate surface area is 110 Å². The van der Waals surface area contributed by atoms with Crippen LogP contribution in [0.3, 0.4) is 0 Å². The average molecular weight is 245 g/mol. The zero-order valence-electron chi connectivity index (χ0n) is 11.3. The quantitative estimate of drug-likeness (QED) is 0.863. The summed E-state index contributed by atoms with van der Waals surface area (Å²) in [7, 11) is 2.10. The van der Waals surface area contributed by atoms with Crippen LogP contribution < -0.4 is 0 Å². The normalized spacial score (nSPS) is 28.3. The van der Waals surface area contributed by atoms with Crippen LogP contribution in [-0.2, 0) is 19.3 Å². The van der Waals surface area contributed by atoms with E-state index >= 15 is 0 Å². The number of β-amino-alcohol motifs (C(OH)–C–C–N with tert-alkyl or cyclic N) is 1. The number of nitrogens with zero attached hydrogens (tertiary/aromatic N) is 1. The lowest BCUT2D eigenvalue weighted by Gasteiger charge is -2.37. The predicted molar refractivity (Wildman–Crippen MR) is 73.9 cm³/mol. The second-order valence-corrected chi connectivity index (χ2v) is 6.20. The summed E-state index contributed by atoms with van der Waals surface area (Å²) in [6, 6.07) is 6.82. The van der Waals surface area contributed by atoms with Crippen molar-refractivity contribution in [2.24, 2.45) is 0 Å². The first-order chi connectivity index (χ1) is 8.65. The molecule has 1 heterocycles. The number of piperidine rings is 1. The molecule has 1 aliphatic carbocycles. The van der Waals surface area contributed by atoms with Crippen molar-refractivity contribution in [2.45, 2.75) is 44.1 Å². The Morgan fingerprint density at radius 2 is 2.06 bits per heavy atom. The monoisotopic (exact) mass is 245 g/mol. The van der Waals surface area contributed by atoms with Crippen LogP contribution in [0.15, 0.2) is 18.2 Å². The number of aliphatic hydroxyl groups is 1. The maximum atomic E-state index is 10.7. The number of benzene rings is 1. The van der Waals surface area contributed by atoms with Crippen molar-refractivity contribution >= 4 is 0 Å². The molecule has 0 aromatic heterocycles. The zero-order valence-corrected chi connectivity index (χ0v) is 11.3. The van der Waals surface area contributed by atoms with Gasteiger partial charge in [0.1, 0.15) is 0 Å². The van der Waals surface area contributed by atoms with Gasteiger partial charge in [0.25, 0.3) is 0 Å². The Kier molecular flexibility index (Phi) is 3.16. The van der Waals surface area contributed by atoms with E-state index in [9.17, 15) is 5.11 Å². The Morgan fingerprint density at radius 3 is 2.89 bits per heavy atom. The van der Waals surface area contributed by atoms with E-state index in [0.717, 1.165) is 32.4 Å². The molecule has 1 aromatic rings. The second-order valence-electron chi connectivity index (χ2n) is 6.20. The van der Waals surface area contributed by atoms with Crippen molar-refractivity contribution in [3.63, 3.8) is 0 Å². The Balaban J connectivity index is 1.75. The van der Waals surface area contributed by atoms with Crippen molar-refractivity contribution in [2.75, 3.05) is 20.1 Å². The summed E-state index contributed by atoms with van der Waals surface area (Å²) >= 11 is 0. The summed E-state index contributed by atoms with van der Waals surface area (Å²) in [5, 5.41) is 10.7. The molecule has 1 fully saturated rings. The number of hydrogen-bond donors (Lipinski definition) is 1. The van der Waals surface area contributed by atoms with E-state index in [2.05, 4.69) is 30.1 Å². The molecule has 0 amide bonds. The second kappa shape index (κ2) is 4.67. The highest BCUT2D eigenvalue weighted by Crippen LogP contribution is 2.28. The Morgan fingerprint density at radius 1 is 1.22 bits per heavy atom. The van der Waals surface area contributed by atoms with Gasteiger partial charge < -0.3 is 10.0 Å². The molecule has 0 saturated carbocycles. The van der Waals surface area contributed by atoms with Gasteiger partial charge in [0.15, 0.2) is 0 Å². The SMILES string of the molecule is CN1CCCC(O)(Cc2ccc3c(c2)CCC3)C1. The molecular weight excluding hydrogens is 222 g/mol. The smallest absolute Gasteiger partial charge is 0.0814 e. The van der Waals surface area contributed by atoms with E-state index in [1.54, 1.807) is 0 Å². The molecule has 1 saturated heterocycles. The fourth-order valence-corrected chi connectivity index (χ4v) is 3.60. The predicted octanol–water partition coefficient (Wildman–Crippen LogP) is 2.17.